The number of aromatic carboxylic acids is 1. The number of carboxylic acids is 1. The molecule has 2 aromatic carbocycles. The maximum atomic E-state index is 13.8. The zero-order chi connectivity index (χ0) is 16.5. The fourth-order valence-corrected chi connectivity index (χ4v) is 1.81. The van der Waals surface area contributed by atoms with E-state index in [1.165, 1.54) is 0 Å². The van der Waals surface area contributed by atoms with Gasteiger partial charge in [0.25, 0.3) is 0 Å². The van der Waals surface area contributed by atoms with E-state index in [9.17, 15) is 27.5 Å². The van der Waals surface area contributed by atoms with Gasteiger partial charge in [0.15, 0.2) is 0 Å². The van der Waals surface area contributed by atoms with Gasteiger partial charge in [-0.3, -0.25) is 0 Å². The number of rotatable bonds is 3. The first-order valence-electron chi connectivity index (χ1n) is 5.79. The molecule has 0 spiro atoms. The molecule has 0 aliphatic carbocycles. The molecule has 8 heteroatoms. The Morgan fingerprint density at radius 1 is 1.09 bits per heavy atom. The van der Waals surface area contributed by atoms with Crippen molar-refractivity contribution in [2.75, 3.05) is 0 Å². The molecule has 2 aromatic rings. The van der Waals surface area contributed by atoms with Gasteiger partial charge in [0.2, 0.25) is 0 Å². The van der Waals surface area contributed by atoms with Crippen LogP contribution in [0.15, 0.2) is 36.4 Å². The average molecular weight is 316 g/mol. The molecule has 0 saturated carbocycles. The molecule has 4 nitrogen and oxygen atoms in total. The highest BCUT2D eigenvalue weighted by Crippen LogP contribution is 2.33. The maximum Gasteiger partial charge on any atom is 0.573 e. The van der Waals surface area contributed by atoms with E-state index < -0.39 is 29.6 Å². The summed E-state index contributed by atoms with van der Waals surface area (Å²) in [5.41, 5.74) is -0.680. The molecule has 0 aromatic heterocycles. The van der Waals surface area contributed by atoms with Crippen molar-refractivity contribution in [2.24, 2.45) is 0 Å². The van der Waals surface area contributed by atoms with E-state index in [4.69, 9.17) is 5.11 Å². The van der Waals surface area contributed by atoms with E-state index >= 15 is 0 Å². The number of hydrogen-bond acceptors (Lipinski definition) is 3. The lowest BCUT2D eigenvalue weighted by Gasteiger charge is -2.12. The molecule has 0 saturated heterocycles. The third-order valence-corrected chi connectivity index (χ3v) is 2.65. The van der Waals surface area contributed by atoms with Crippen LogP contribution in [0.2, 0.25) is 0 Å². The van der Waals surface area contributed by atoms with Crippen LogP contribution in [0.4, 0.5) is 17.6 Å². The van der Waals surface area contributed by atoms with Crippen molar-refractivity contribution in [2.45, 2.75) is 6.36 Å². The highest BCUT2D eigenvalue weighted by Gasteiger charge is 2.31. The fourth-order valence-electron chi connectivity index (χ4n) is 1.81. The second-order valence-electron chi connectivity index (χ2n) is 4.26. The summed E-state index contributed by atoms with van der Waals surface area (Å²) in [4.78, 5) is 10.9. The number of carboxylic acid groups (broad SMARTS) is 1. The van der Waals surface area contributed by atoms with Crippen LogP contribution in [0.1, 0.15) is 10.4 Å². The standard InChI is InChI=1S/C14H8F4O4/c15-12-2-1-7(13(20)21)5-11(12)8-3-9(19)6-10(4-8)22-14(16,17)18/h1-6,19H,(H,20,21). The Bertz CT molecular complexity index is 725. The Labute approximate surface area is 121 Å². The normalized spacial score (nSPS) is 11.3. The fraction of sp³-hybridized carbons (Fsp3) is 0.0714. The number of alkyl halides is 3. The van der Waals surface area contributed by atoms with Crippen LogP contribution in [0.25, 0.3) is 11.1 Å². The van der Waals surface area contributed by atoms with Crippen LogP contribution in [-0.2, 0) is 0 Å². The van der Waals surface area contributed by atoms with E-state index in [1.54, 1.807) is 0 Å². The van der Waals surface area contributed by atoms with E-state index in [0.717, 1.165) is 30.3 Å². The van der Waals surface area contributed by atoms with Gasteiger partial charge in [-0.2, -0.15) is 0 Å². The highest BCUT2D eigenvalue weighted by atomic mass is 19.4. The Kier molecular flexibility index (Phi) is 3.94. The summed E-state index contributed by atoms with van der Waals surface area (Å²) >= 11 is 0. The second-order valence-corrected chi connectivity index (χ2v) is 4.26. The molecule has 2 rings (SSSR count). The molecule has 0 atom stereocenters. The first kappa shape index (κ1) is 15.6. The Hall–Kier alpha value is -2.77. The molecule has 2 N–H and O–H groups in total. The SMILES string of the molecule is O=C(O)c1ccc(F)c(-c2cc(O)cc(OC(F)(F)F)c2)c1. The summed E-state index contributed by atoms with van der Waals surface area (Å²) in [5.74, 6) is -3.51. The van der Waals surface area contributed by atoms with Gasteiger partial charge in [-0.1, -0.05) is 0 Å². The van der Waals surface area contributed by atoms with Gasteiger partial charge in [-0.05, 0) is 35.9 Å². The Balaban J connectivity index is 2.53. The largest absolute Gasteiger partial charge is 0.573 e. The summed E-state index contributed by atoms with van der Waals surface area (Å²) in [6.07, 6.45) is -4.98. The van der Waals surface area contributed by atoms with E-state index in [0.29, 0.717) is 6.07 Å². The first-order valence-corrected chi connectivity index (χ1v) is 5.79. The third kappa shape index (κ3) is 3.66. The Morgan fingerprint density at radius 3 is 2.36 bits per heavy atom. The van der Waals surface area contributed by atoms with Crippen molar-refractivity contribution in [3.05, 3.63) is 47.8 Å². The van der Waals surface area contributed by atoms with Crippen molar-refractivity contribution in [1.82, 2.24) is 0 Å². The number of aromatic hydroxyl groups is 1. The van der Waals surface area contributed by atoms with Crippen LogP contribution in [0, 0.1) is 5.82 Å². The topological polar surface area (TPSA) is 66.8 Å². The monoisotopic (exact) mass is 316 g/mol. The lowest BCUT2D eigenvalue weighted by Crippen LogP contribution is -2.17. The molecule has 0 bridgehead atoms. The van der Waals surface area contributed by atoms with Crippen LogP contribution in [-0.4, -0.2) is 22.5 Å². The predicted octanol–water partition coefficient (Wildman–Crippen LogP) is 3.80. The van der Waals surface area contributed by atoms with E-state index in [2.05, 4.69) is 4.74 Å². The summed E-state index contributed by atoms with van der Waals surface area (Å²) in [6, 6.07) is 5.37. The molecule has 116 valence electrons. The van der Waals surface area contributed by atoms with Crippen LogP contribution < -0.4 is 4.74 Å². The lowest BCUT2D eigenvalue weighted by molar-refractivity contribution is -0.274. The van der Waals surface area contributed by atoms with Crippen LogP contribution in [0.5, 0.6) is 11.5 Å². The van der Waals surface area contributed by atoms with Crippen molar-refractivity contribution in [1.29, 1.82) is 0 Å². The van der Waals surface area contributed by atoms with Gasteiger partial charge in [0.05, 0.1) is 5.56 Å². The highest BCUT2D eigenvalue weighted by molar-refractivity contribution is 5.89. The summed E-state index contributed by atoms with van der Waals surface area (Å²) in [6.45, 7) is 0. The van der Waals surface area contributed by atoms with E-state index in [1.807, 2.05) is 0 Å². The summed E-state index contributed by atoms with van der Waals surface area (Å²) in [5, 5.41) is 18.3. The third-order valence-electron chi connectivity index (χ3n) is 2.65. The maximum absolute atomic E-state index is 13.8. The molecule has 0 unspecified atom stereocenters. The lowest BCUT2D eigenvalue weighted by atomic mass is 10.0. The second kappa shape index (κ2) is 5.55. The molecular weight excluding hydrogens is 308 g/mol. The van der Waals surface area contributed by atoms with Crippen molar-refractivity contribution in [3.63, 3.8) is 0 Å². The van der Waals surface area contributed by atoms with E-state index in [-0.39, 0.29) is 16.7 Å². The number of ether oxygens (including phenoxy) is 1. The quantitative estimate of drug-likeness (QED) is 0.845. The summed E-state index contributed by atoms with van der Waals surface area (Å²) < 4.78 is 54.0. The zero-order valence-electron chi connectivity index (χ0n) is 10.7. The van der Waals surface area contributed by atoms with Gasteiger partial charge >= 0.3 is 12.3 Å². The van der Waals surface area contributed by atoms with Gasteiger partial charge < -0.3 is 14.9 Å². The molecule has 0 radical (unpaired) electrons. The average Bonchev–Trinajstić information content (AvgIpc) is 2.35. The molecule has 0 fully saturated rings. The van der Waals surface area contributed by atoms with Gasteiger partial charge in [-0.25, -0.2) is 9.18 Å². The number of hydrogen-bond donors (Lipinski definition) is 2. The van der Waals surface area contributed by atoms with Crippen molar-refractivity contribution < 1.29 is 37.3 Å². The number of carbonyl (C=O) groups is 1. The molecule has 0 heterocycles. The molecular formula is C14H8F4O4. The number of phenols is 1. The molecule has 0 aliphatic rings. The minimum Gasteiger partial charge on any atom is -0.508 e. The number of phenolic OH excluding ortho intramolecular Hbond substituents is 1. The van der Waals surface area contributed by atoms with Gasteiger partial charge in [-0.15, -0.1) is 13.2 Å². The first-order chi connectivity index (χ1) is 10.2. The zero-order valence-corrected chi connectivity index (χ0v) is 10.7. The number of halogens is 4. The Morgan fingerprint density at radius 2 is 1.77 bits per heavy atom. The molecule has 0 amide bonds. The predicted molar refractivity (Wildman–Crippen MR) is 67.1 cm³/mol. The number of benzene rings is 2. The van der Waals surface area contributed by atoms with Crippen molar-refractivity contribution in [3.8, 4) is 22.6 Å². The van der Waals surface area contributed by atoms with Gasteiger partial charge in [0.1, 0.15) is 17.3 Å². The van der Waals surface area contributed by atoms with Crippen LogP contribution in [0.3, 0.4) is 0 Å². The smallest absolute Gasteiger partial charge is 0.508 e. The summed E-state index contributed by atoms with van der Waals surface area (Å²) in [7, 11) is 0. The minimum atomic E-state index is -4.98. The molecule has 0 aliphatic heterocycles. The van der Waals surface area contributed by atoms with Crippen LogP contribution >= 0.6 is 0 Å². The minimum absolute atomic E-state index is 0.153. The van der Waals surface area contributed by atoms with Crippen molar-refractivity contribution >= 4 is 5.97 Å². The van der Waals surface area contributed by atoms with Gasteiger partial charge in [0, 0.05) is 11.6 Å². The molecule has 22 heavy (non-hydrogen) atoms.